The van der Waals surface area contributed by atoms with E-state index >= 15 is 0 Å². The third-order valence-corrected chi connectivity index (χ3v) is 4.25. The number of nitrogens with two attached hydrogens (primary N) is 1. The minimum absolute atomic E-state index is 0.114. The Balaban J connectivity index is 1.96. The molecule has 1 aromatic rings. The summed E-state index contributed by atoms with van der Waals surface area (Å²) in [5, 5.41) is 0. The molecule has 1 amide bonds. The van der Waals surface area contributed by atoms with E-state index in [1.807, 2.05) is 35.2 Å². The third kappa shape index (κ3) is 3.83. The third-order valence-electron chi connectivity index (χ3n) is 4.25. The number of benzene rings is 1. The van der Waals surface area contributed by atoms with E-state index in [0.29, 0.717) is 12.5 Å². The molecule has 3 nitrogen and oxygen atoms in total. The van der Waals surface area contributed by atoms with Crippen molar-refractivity contribution in [3.8, 4) is 0 Å². The van der Waals surface area contributed by atoms with Gasteiger partial charge in [0.15, 0.2) is 0 Å². The summed E-state index contributed by atoms with van der Waals surface area (Å²) >= 11 is 0. The highest BCUT2D eigenvalue weighted by Gasteiger charge is 2.27. The van der Waals surface area contributed by atoms with Crippen molar-refractivity contribution in [2.45, 2.75) is 57.5 Å². The summed E-state index contributed by atoms with van der Waals surface area (Å²) in [7, 11) is 0. The van der Waals surface area contributed by atoms with E-state index in [-0.39, 0.29) is 5.91 Å². The van der Waals surface area contributed by atoms with Crippen LogP contribution < -0.4 is 5.73 Å². The summed E-state index contributed by atoms with van der Waals surface area (Å²) in [5.41, 5.74) is 7.27. The SMILES string of the molecule is CCN(C(=O)[C@H](N)Cc1ccccc1)C1CCCCC1. The molecule has 0 saturated heterocycles. The zero-order valence-electron chi connectivity index (χ0n) is 12.4. The molecule has 1 saturated carbocycles. The van der Waals surface area contributed by atoms with Gasteiger partial charge in [0.25, 0.3) is 0 Å². The molecule has 0 unspecified atom stereocenters. The number of hydrogen-bond donors (Lipinski definition) is 1. The van der Waals surface area contributed by atoms with Crippen molar-refractivity contribution in [1.29, 1.82) is 0 Å². The van der Waals surface area contributed by atoms with Crippen molar-refractivity contribution in [3.05, 3.63) is 35.9 Å². The Morgan fingerprint density at radius 1 is 1.25 bits per heavy atom. The molecule has 1 aromatic carbocycles. The van der Waals surface area contributed by atoms with Crippen molar-refractivity contribution in [2.24, 2.45) is 5.73 Å². The largest absolute Gasteiger partial charge is 0.339 e. The maximum atomic E-state index is 12.6. The smallest absolute Gasteiger partial charge is 0.240 e. The molecule has 2 rings (SSSR count). The molecule has 20 heavy (non-hydrogen) atoms. The Morgan fingerprint density at radius 3 is 2.50 bits per heavy atom. The Hall–Kier alpha value is -1.35. The summed E-state index contributed by atoms with van der Waals surface area (Å²) in [6.45, 7) is 2.83. The molecule has 1 fully saturated rings. The van der Waals surface area contributed by atoms with Gasteiger partial charge in [-0.2, -0.15) is 0 Å². The zero-order chi connectivity index (χ0) is 14.4. The van der Waals surface area contributed by atoms with Crippen LogP contribution in [0.5, 0.6) is 0 Å². The van der Waals surface area contributed by atoms with Gasteiger partial charge >= 0.3 is 0 Å². The van der Waals surface area contributed by atoms with Crippen molar-refractivity contribution in [3.63, 3.8) is 0 Å². The fourth-order valence-corrected chi connectivity index (χ4v) is 3.16. The Bertz CT molecular complexity index is 412. The molecule has 0 spiro atoms. The van der Waals surface area contributed by atoms with Gasteiger partial charge in [0.2, 0.25) is 5.91 Å². The lowest BCUT2D eigenvalue weighted by atomic mass is 9.93. The number of rotatable bonds is 5. The summed E-state index contributed by atoms with van der Waals surface area (Å²) in [5.74, 6) is 0.114. The van der Waals surface area contributed by atoms with Crippen LogP contribution in [-0.4, -0.2) is 29.4 Å². The van der Waals surface area contributed by atoms with Crippen LogP contribution in [0.15, 0.2) is 30.3 Å². The number of nitrogens with zero attached hydrogens (tertiary/aromatic N) is 1. The maximum absolute atomic E-state index is 12.6. The molecule has 0 heterocycles. The predicted octanol–water partition coefficient (Wildman–Crippen LogP) is 2.74. The predicted molar refractivity (Wildman–Crippen MR) is 82.4 cm³/mol. The molecule has 3 heteroatoms. The lowest BCUT2D eigenvalue weighted by molar-refractivity contribution is -0.135. The molecular formula is C17H26N2O. The van der Waals surface area contributed by atoms with Crippen molar-refractivity contribution >= 4 is 5.91 Å². The van der Waals surface area contributed by atoms with Gasteiger partial charge in [-0.25, -0.2) is 0 Å². The minimum Gasteiger partial charge on any atom is -0.339 e. The first-order valence-electron chi connectivity index (χ1n) is 7.82. The number of carbonyl (C=O) groups is 1. The molecule has 0 bridgehead atoms. The van der Waals surface area contributed by atoms with Gasteiger partial charge in [0.05, 0.1) is 6.04 Å². The van der Waals surface area contributed by atoms with E-state index in [9.17, 15) is 4.79 Å². The molecular weight excluding hydrogens is 248 g/mol. The quantitative estimate of drug-likeness (QED) is 0.897. The first-order valence-corrected chi connectivity index (χ1v) is 7.82. The van der Waals surface area contributed by atoms with Gasteiger partial charge < -0.3 is 10.6 Å². The van der Waals surface area contributed by atoms with E-state index in [2.05, 4.69) is 6.92 Å². The molecule has 1 aliphatic rings. The van der Waals surface area contributed by atoms with E-state index in [1.165, 1.54) is 19.3 Å². The minimum atomic E-state index is -0.417. The Kier molecular flexibility index (Phi) is 5.60. The van der Waals surface area contributed by atoms with Crippen LogP contribution >= 0.6 is 0 Å². The van der Waals surface area contributed by atoms with Crippen LogP contribution in [0.4, 0.5) is 0 Å². The lowest BCUT2D eigenvalue weighted by Gasteiger charge is -2.35. The molecule has 0 radical (unpaired) electrons. The zero-order valence-corrected chi connectivity index (χ0v) is 12.4. The first kappa shape index (κ1) is 15.0. The highest BCUT2D eigenvalue weighted by molar-refractivity contribution is 5.82. The second kappa shape index (κ2) is 7.44. The average molecular weight is 274 g/mol. The monoisotopic (exact) mass is 274 g/mol. The molecule has 2 N–H and O–H groups in total. The second-order valence-corrected chi connectivity index (χ2v) is 5.71. The Morgan fingerprint density at radius 2 is 1.90 bits per heavy atom. The van der Waals surface area contributed by atoms with Crippen LogP contribution in [0.2, 0.25) is 0 Å². The fourth-order valence-electron chi connectivity index (χ4n) is 3.16. The number of likely N-dealkylation sites (N-methyl/N-ethyl adjacent to an activating group) is 1. The normalized spacial score (nSPS) is 17.7. The molecule has 1 aliphatic carbocycles. The lowest BCUT2D eigenvalue weighted by Crippen LogP contribution is -2.49. The highest BCUT2D eigenvalue weighted by Crippen LogP contribution is 2.23. The van der Waals surface area contributed by atoms with Gasteiger partial charge in [-0.05, 0) is 31.7 Å². The second-order valence-electron chi connectivity index (χ2n) is 5.71. The summed E-state index contributed by atoms with van der Waals surface area (Å²) in [6.07, 6.45) is 6.68. The van der Waals surface area contributed by atoms with Gasteiger partial charge in [0.1, 0.15) is 0 Å². The van der Waals surface area contributed by atoms with Crippen molar-refractivity contribution in [1.82, 2.24) is 4.90 Å². The molecule has 110 valence electrons. The van der Waals surface area contributed by atoms with Crippen LogP contribution in [-0.2, 0) is 11.2 Å². The van der Waals surface area contributed by atoms with E-state index in [1.54, 1.807) is 0 Å². The number of hydrogen-bond acceptors (Lipinski definition) is 2. The standard InChI is InChI=1S/C17H26N2O/c1-2-19(15-11-7-4-8-12-15)17(20)16(18)13-14-9-5-3-6-10-14/h3,5-6,9-10,15-16H,2,4,7-8,11-13,18H2,1H3/t16-/m1/s1. The van der Waals surface area contributed by atoms with E-state index in [0.717, 1.165) is 24.9 Å². The fraction of sp³-hybridized carbons (Fsp3) is 0.588. The van der Waals surface area contributed by atoms with Gasteiger partial charge in [0, 0.05) is 12.6 Å². The van der Waals surface area contributed by atoms with Gasteiger partial charge in [-0.15, -0.1) is 0 Å². The summed E-state index contributed by atoms with van der Waals surface area (Å²) in [6, 6.07) is 10.0. The summed E-state index contributed by atoms with van der Waals surface area (Å²) < 4.78 is 0. The van der Waals surface area contributed by atoms with E-state index in [4.69, 9.17) is 5.73 Å². The number of carbonyl (C=O) groups excluding carboxylic acids is 1. The molecule has 0 aromatic heterocycles. The topological polar surface area (TPSA) is 46.3 Å². The maximum Gasteiger partial charge on any atom is 0.240 e. The van der Waals surface area contributed by atoms with Crippen molar-refractivity contribution < 1.29 is 4.79 Å². The van der Waals surface area contributed by atoms with Crippen LogP contribution in [0.25, 0.3) is 0 Å². The van der Waals surface area contributed by atoms with Crippen LogP contribution in [0.3, 0.4) is 0 Å². The first-order chi connectivity index (χ1) is 9.72. The molecule has 0 aliphatic heterocycles. The van der Waals surface area contributed by atoms with Crippen LogP contribution in [0.1, 0.15) is 44.6 Å². The highest BCUT2D eigenvalue weighted by atomic mass is 16.2. The number of amides is 1. The molecule has 1 atom stereocenters. The van der Waals surface area contributed by atoms with Gasteiger partial charge in [-0.3, -0.25) is 4.79 Å². The van der Waals surface area contributed by atoms with E-state index < -0.39 is 6.04 Å². The van der Waals surface area contributed by atoms with Crippen LogP contribution in [0, 0.1) is 0 Å². The average Bonchev–Trinajstić information content (AvgIpc) is 2.50. The van der Waals surface area contributed by atoms with Gasteiger partial charge in [-0.1, -0.05) is 49.6 Å². The Labute approximate surface area is 122 Å². The van der Waals surface area contributed by atoms with Crippen molar-refractivity contribution in [2.75, 3.05) is 6.54 Å². The summed E-state index contributed by atoms with van der Waals surface area (Å²) in [4.78, 5) is 14.6.